The van der Waals surface area contributed by atoms with E-state index >= 15 is 0 Å². The summed E-state index contributed by atoms with van der Waals surface area (Å²) >= 11 is 3.12. The highest BCUT2D eigenvalue weighted by molar-refractivity contribution is 9.10. The van der Waals surface area contributed by atoms with Crippen LogP contribution in [0.1, 0.15) is 18.4 Å². The quantitative estimate of drug-likeness (QED) is 0.808. The molecule has 1 aromatic rings. The molecule has 0 aliphatic carbocycles. The van der Waals surface area contributed by atoms with Crippen molar-refractivity contribution in [2.45, 2.75) is 18.9 Å². The molecule has 3 rings (SSSR count). The zero-order valence-electron chi connectivity index (χ0n) is 11.7. The van der Waals surface area contributed by atoms with Crippen molar-refractivity contribution in [3.63, 3.8) is 0 Å². The number of nitriles is 1. The Morgan fingerprint density at radius 1 is 1.50 bits per heavy atom. The summed E-state index contributed by atoms with van der Waals surface area (Å²) in [6.45, 7) is 1.61. The maximum absolute atomic E-state index is 13.6. The third-order valence-corrected chi connectivity index (χ3v) is 4.59. The molecule has 1 aromatic carbocycles. The first-order valence-corrected chi connectivity index (χ1v) is 7.71. The van der Waals surface area contributed by atoms with Crippen LogP contribution in [0.15, 0.2) is 21.6 Å². The zero-order chi connectivity index (χ0) is 15.7. The van der Waals surface area contributed by atoms with Crippen molar-refractivity contribution in [3.05, 3.63) is 28.0 Å². The normalized spacial score (nSPS) is 23.3. The van der Waals surface area contributed by atoms with Crippen molar-refractivity contribution in [1.82, 2.24) is 4.90 Å². The molecule has 0 N–H and O–H groups in total. The van der Waals surface area contributed by atoms with Crippen LogP contribution >= 0.6 is 15.9 Å². The van der Waals surface area contributed by atoms with E-state index in [0.717, 1.165) is 6.42 Å². The Bertz CT molecular complexity index is 693. The molecule has 2 heterocycles. The van der Waals surface area contributed by atoms with E-state index in [-0.39, 0.29) is 34.1 Å². The number of likely N-dealkylation sites (tertiary alicyclic amines) is 1. The Balaban J connectivity index is 1.89. The van der Waals surface area contributed by atoms with E-state index in [4.69, 9.17) is 10.00 Å². The summed E-state index contributed by atoms with van der Waals surface area (Å²) in [4.78, 5) is 18.2. The fourth-order valence-corrected chi connectivity index (χ4v) is 3.12. The van der Waals surface area contributed by atoms with Gasteiger partial charge in [-0.2, -0.15) is 5.26 Å². The molecule has 114 valence electrons. The largest absolute Gasteiger partial charge is 0.379 e. The molecule has 2 aliphatic heterocycles. The van der Waals surface area contributed by atoms with E-state index in [2.05, 4.69) is 20.9 Å². The van der Waals surface area contributed by atoms with E-state index in [1.165, 1.54) is 12.1 Å². The summed E-state index contributed by atoms with van der Waals surface area (Å²) in [5.74, 6) is -0.482. The molecule has 1 atom stereocenters. The third-order valence-electron chi connectivity index (χ3n) is 3.83. The number of hydrogen-bond donors (Lipinski definition) is 0. The predicted molar refractivity (Wildman–Crippen MR) is 81.5 cm³/mol. The van der Waals surface area contributed by atoms with Gasteiger partial charge < -0.3 is 9.64 Å². The predicted octanol–water partition coefficient (Wildman–Crippen LogP) is 2.55. The number of hydrogen-bond acceptors (Lipinski definition) is 4. The molecule has 5 nitrogen and oxygen atoms in total. The van der Waals surface area contributed by atoms with Gasteiger partial charge in [-0.1, -0.05) is 0 Å². The summed E-state index contributed by atoms with van der Waals surface area (Å²) in [5, 5.41) is 9.13. The van der Waals surface area contributed by atoms with Crippen LogP contribution in [0.4, 0.5) is 10.1 Å². The van der Waals surface area contributed by atoms with Gasteiger partial charge in [-0.25, -0.2) is 4.39 Å². The summed E-state index contributed by atoms with van der Waals surface area (Å²) in [6, 6.07) is 4.69. The number of halogens is 2. The number of amides is 1. The summed E-state index contributed by atoms with van der Waals surface area (Å²) in [6.07, 6.45) is 1.02. The SMILES string of the molecule is N#Cc1ccc(F)c(Br)c1N=C1CC(=O)N([C@H]2CCOC2)C1. The van der Waals surface area contributed by atoms with Crippen molar-refractivity contribution >= 4 is 33.2 Å². The maximum Gasteiger partial charge on any atom is 0.228 e. The number of rotatable bonds is 2. The van der Waals surface area contributed by atoms with Gasteiger partial charge in [0.15, 0.2) is 0 Å². The molecule has 0 spiro atoms. The van der Waals surface area contributed by atoms with Crippen LogP contribution in [0.25, 0.3) is 0 Å². The lowest BCUT2D eigenvalue weighted by Crippen LogP contribution is -2.36. The van der Waals surface area contributed by atoms with Crippen molar-refractivity contribution < 1.29 is 13.9 Å². The number of nitrogens with zero attached hydrogens (tertiary/aromatic N) is 3. The van der Waals surface area contributed by atoms with Gasteiger partial charge in [0.25, 0.3) is 0 Å². The maximum atomic E-state index is 13.6. The molecule has 0 unspecified atom stereocenters. The minimum atomic E-state index is -0.483. The number of carbonyl (C=O) groups is 1. The first-order chi connectivity index (χ1) is 10.6. The smallest absolute Gasteiger partial charge is 0.228 e. The monoisotopic (exact) mass is 365 g/mol. The zero-order valence-corrected chi connectivity index (χ0v) is 13.3. The first-order valence-electron chi connectivity index (χ1n) is 6.92. The number of carbonyl (C=O) groups excluding carboxylic acids is 1. The molecule has 0 aromatic heterocycles. The molecular formula is C15H13BrFN3O2. The average molecular weight is 366 g/mol. The second kappa shape index (κ2) is 6.15. The summed E-state index contributed by atoms with van der Waals surface area (Å²) < 4.78 is 19.1. The minimum absolute atomic E-state index is 0.000262. The minimum Gasteiger partial charge on any atom is -0.379 e. The molecule has 0 saturated carbocycles. The summed E-state index contributed by atoms with van der Waals surface area (Å²) in [7, 11) is 0. The molecule has 7 heteroatoms. The van der Waals surface area contributed by atoms with E-state index in [9.17, 15) is 9.18 Å². The standard InChI is InChI=1S/C15H13BrFN3O2/c16-14-12(17)2-1-9(6-18)15(14)19-10-5-13(21)20(7-10)11-3-4-22-8-11/h1-2,11H,3-5,7-8H2/t11-/m0/s1. The van der Waals surface area contributed by atoms with Gasteiger partial charge >= 0.3 is 0 Å². The molecule has 2 saturated heterocycles. The lowest BCUT2D eigenvalue weighted by Gasteiger charge is -2.21. The van der Waals surface area contributed by atoms with E-state index < -0.39 is 5.82 Å². The number of ether oxygens (including phenoxy) is 1. The third kappa shape index (κ3) is 2.76. The van der Waals surface area contributed by atoms with Crippen LogP contribution in [-0.4, -0.2) is 42.3 Å². The van der Waals surface area contributed by atoms with E-state index in [1.54, 1.807) is 4.90 Å². The molecular weight excluding hydrogens is 353 g/mol. The highest BCUT2D eigenvalue weighted by atomic mass is 79.9. The van der Waals surface area contributed by atoms with Crippen molar-refractivity contribution in [2.75, 3.05) is 19.8 Å². The van der Waals surface area contributed by atoms with Crippen molar-refractivity contribution in [3.8, 4) is 6.07 Å². The van der Waals surface area contributed by atoms with Gasteiger partial charge in [-0.3, -0.25) is 9.79 Å². The van der Waals surface area contributed by atoms with Crippen LogP contribution in [0.3, 0.4) is 0 Å². The topological polar surface area (TPSA) is 65.7 Å². The first kappa shape index (κ1) is 15.1. The molecule has 2 aliphatic rings. The number of aliphatic imine (C=N–C) groups is 1. The highest BCUT2D eigenvalue weighted by Crippen LogP contribution is 2.33. The van der Waals surface area contributed by atoms with E-state index in [1.807, 2.05) is 6.07 Å². The molecule has 0 radical (unpaired) electrons. The second-order valence-corrected chi connectivity index (χ2v) is 6.06. The fourth-order valence-electron chi connectivity index (χ4n) is 2.69. The number of benzene rings is 1. The Labute approximate surface area is 135 Å². The van der Waals surface area contributed by atoms with Gasteiger partial charge in [-0.05, 0) is 34.5 Å². The second-order valence-electron chi connectivity index (χ2n) is 5.26. The van der Waals surface area contributed by atoms with Crippen LogP contribution in [-0.2, 0) is 9.53 Å². The van der Waals surface area contributed by atoms with Crippen LogP contribution in [0, 0.1) is 17.1 Å². The van der Waals surface area contributed by atoms with Gasteiger partial charge in [0.2, 0.25) is 5.91 Å². The van der Waals surface area contributed by atoms with Crippen LogP contribution in [0.2, 0.25) is 0 Å². The Morgan fingerprint density at radius 3 is 3.00 bits per heavy atom. The Kier molecular flexibility index (Phi) is 4.23. The summed E-state index contributed by atoms with van der Waals surface area (Å²) in [5.41, 5.74) is 1.16. The Hall–Kier alpha value is -1.78. The molecule has 22 heavy (non-hydrogen) atoms. The van der Waals surface area contributed by atoms with Crippen molar-refractivity contribution in [2.24, 2.45) is 4.99 Å². The molecule has 0 bridgehead atoms. The average Bonchev–Trinajstić information content (AvgIpc) is 3.13. The lowest BCUT2D eigenvalue weighted by atomic mass is 10.2. The van der Waals surface area contributed by atoms with E-state index in [0.29, 0.717) is 25.5 Å². The van der Waals surface area contributed by atoms with Gasteiger partial charge in [-0.15, -0.1) is 0 Å². The Morgan fingerprint density at radius 2 is 2.32 bits per heavy atom. The lowest BCUT2D eigenvalue weighted by molar-refractivity contribution is -0.129. The van der Waals surface area contributed by atoms with Crippen LogP contribution in [0.5, 0.6) is 0 Å². The fraction of sp³-hybridized carbons (Fsp3) is 0.400. The highest BCUT2D eigenvalue weighted by Gasteiger charge is 2.34. The van der Waals surface area contributed by atoms with Crippen molar-refractivity contribution in [1.29, 1.82) is 5.26 Å². The molecule has 1 amide bonds. The van der Waals surface area contributed by atoms with Gasteiger partial charge in [0.1, 0.15) is 11.9 Å². The van der Waals surface area contributed by atoms with Gasteiger partial charge in [0.05, 0.1) is 41.3 Å². The van der Waals surface area contributed by atoms with Crippen LogP contribution < -0.4 is 0 Å². The van der Waals surface area contributed by atoms with Gasteiger partial charge in [0, 0.05) is 12.3 Å². The molecule has 2 fully saturated rings.